The van der Waals surface area contributed by atoms with Crippen LogP contribution in [0.3, 0.4) is 0 Å². The lowest BCUT2D eigenvalue weighted by molar-refractivity contribution is -0.150. The molecule has 0 bridgehead atoms. The average molecular weight is 545 g/mol. The Bertz CT molecular complexity index is 1550. The zero-order chi connectivity index (χ0) is 28.6. The fourth-order valence-electron chi connectivity index (χ4n) is 5.65. The highest BCUT2D eigenvalue weighted by Crippen LogP contribution is 2.51. The van der Waals surface area contributed by atoms with Crippen LogP contribution >= 0.6 is 0 Å². The van der Waals surface area contributed by atoms with E-state index in [0.717, 1.165) is 5.56 Å². The lowest BCUT2D eigenvalue weighted by Gasteiger charge is -2.44. The molecule has 0 saturated heterocycles. The molecule has 2 N–H and O–H groups in total. The maximum atomic E-state index is 14.5. The van der Waals surface area contributed by atoms with E-state index in [1.807, 2.05) is 18.2 Å². The van der Waals surface area contributed by atoms with Gasteiger partial charge in [0.15, 0.2) is 5.78 Å². The number of nitrogens with zero attached hydrogens (tertiary/aromatic N) is 1. The van der Waals surface area contributed by atoms with Gasteiger partial charge in [-0.05, 0) is 47.9 Å². The molecule has 204 valence electrons. The standard InChI is InChI=1S/C31H26F2N2O5/c1-39-30(37)25-22(17-7-4-3-5-8-17)16-23-26(28(25)36)24(18-11-13-19(32)14-12-18)27(31(38)40-2)29(34)35(23)21-10-6-9-20(33)15-21/h3-15,22,24-25H,16,34H2,1-2H3. The van der Waals surface area contributed by atoms with Crippen molar-refractivity contribution in [1.29, 1.82) is 0 Å². The summed E-state index contributed by atoms with van der Waals surface area (Å²) in [4.78, 5) is 42.3. The molecule has 0 fully saturated rings. The molecule has 3 atom stereocenters. The number of anilines is 1. The van der Waals surface area contributed by atoms with Crippen molar-refractivity contribution in [2.45, 2.75) is 18.3 Å². The van der Waals surface area contributed by atoms with E-state index in [1.165, 1.54) is 61.6 Å². The highest BCUT2D eigenvalue weighted by molar-refractivity contribution is 6.14. The third-order valence-electron chi connectivity index (χ3n) is 7.40. The van der Waals surface area contributed by atoms with E-state index < -0.39 is 47.1 Å². The van der Waals surface area contributed by atoms with Crippen LogP contribution in [0.5, 0.6) is 0 Å². The SMILES string of the molecule is COC(=O)C1=C(N)N(c2cccc(F)c2)C2=C(C(=O)C(C(=O)OC)C(c3ccccc3)C2)C1c1ccc(F)cc1. The van der Waals surface area contributed by atoms with Crippen LogP contribution in [-0.4, -0.2) is 31.9 Å². The van der Waals surface area contributed by atoms with Gasteiger partial charge in [-0.2, -0.15) is 0 Å². The molecule has 1 heterocycles. The number of halogens is 2. The molecule has 1 aliphatic heterocycles. The van der Waals surface area contributed by atoms with Crippen LogP contribution in [0.25, 0.3) is 0 Å². The van der Waals surface area contributed by atoms with E-state index in [1.54, 1.807) is 18.2 Å². The molecule has 2 aliphatic rings. The first-order chi connectivity index (χ1) is 19.3. The number of carbonyl (C=O) groups excluding carboxylic acids is 3. The number of ketones is 1. The largest absolute Gasteiger partial charge is 0.468 e. The quantitative estimate of drug-likeness (QED) is 0.367. The van der Waals surface area contributed by atoms with Crippen LogP contribution in [-0.2, 0) is 23.9 Å². The van der Waals surface area contributed by atoms with E-state index in [9.17, 15) is 23.2 Å². The summed E-state index contributed by atoms with van der Waals surface area (Å²) in [7, 11) is 2.38. The fraction of sp³-hybridized carbons (Fsp3) is 0.194. The van der Waals surface area contributed by atoms with Crippen LogP contribution in [0.2, 0.25) is 0 Å². The Balaban J connectivity index is 1.83. The van der Waals surface area contributed by atoms with Crippen molar-refractivity contribution < 1.29 is 32.6 Å². The molecule has 5 rings (SSSR count). The topological polar surface area (TPSA) is 98.9 Å². The van der Waals surface area contributed by atoms with E-state index in [4.69, 9.17) is 15.2 Å². The van der Waals surface area contributed by atoms with Gasteiger partial charge in [-0.25, -0.2) is 13.6 Å². The number of hydrogen-bond acceptors (Lipinski definition) is 7. The van der Waals surface area contributed by atoms with Gasteiger partial charge in [-0.3, -0.25) is 14.5 Å². The van der Waals surface area contributed by atoms with E-state index in [2.05, 4.69) is 0 Å². The molecule has 7 nitrogen and oxygen atoms in total. The molecule has 9 heteroatoms. The second kappa shape index (κ2) is 10.8. The summed E-state index contributed by atoms with van der Waals surface area (Å²) < 4.78 is 38.5. The summed E-state index contributed by atoms with van der Waals surface area (Å²) in [6, 6.07) is 19.9. The average Bonchev–Trinajstić information content (AvgIpc) is 2.96. The summed E-state index contributed by atoms with van der Waals surface area (Å²) in [5.41, 5.74) is 8.47. The number of rotatable bonds is 5. The fourth-order valence-corrected chi connectivity index (χ4v) is 5.65. The number of methoxy groups -OCH3 is 2. The Morgan fingerprint density at radius 1 is 0.875 bits per heavy atom. The van der Waals surface area contributed by atoms with Crippen LogP contribution in [0.15, 0.2) is 102 Å². The van der Waals surface area contributed by atoms with Crippen molar-refractivity contribution in [3.05, 3.63) is 124 Å². The smallest absolute Gasteiger partial charge is 0.338 e. The van der Waals surface area contributed by atoms with Gasteiger partial charge in [-0.15, -0.1) is 0 Å². The maximum absolute atomic E-state index is 14.5. The number of allylic oxidation sites excluding steroid dienone is 2. The summed E-state index contributed by atoms with van der Waals surface area (Å²) in [6.07, 6.45) is 0.133. The monoisotopic (exact) mass is 544 g/mol. The number of benzene rings is 3. The summed E-state index contributed by atoms with van der Waals surface area (Å²) in [6.45, 7) is 0. The number of nitrogens with two attached hydrogens (primary N) is 1. The lowest BCUT2D eigenvalue weighted by atomic mass is 9.67. The molecule has 3 aromatic carbocycles. The van der Waals surface area contributed by atoms with Gasteiger partial charge < -0.3 is 15.2 Å². The zero-order valence-electron chi connectivity index (χ0n) is 21.8. The minimum atomic E-state index is -1.23. The van der Waals surface area contributed by atoms with Crippen LogP contribution in [0.4, 0.5) is 14.5 Å². The van der Waals surface area contributed by atoms with Gasteiger partial charge in [0.05, 0.1) is 31.4 Å². The third kappa shape index (κ3) is 4.53. The summed E-state index contributed by atoms with van der Waals surface area (Å²) in [5.74, 6) is -6.23. The first-order valence-corrected chi connectivity index (χ1v) is 12.6. The first-order valence-electron chi connectivity index (χ1n) is 12.6. The molecular weight excluding hydrogens is 518 g/mol. The maximum Gasteiger partial charge on any atom is 0.338 e. The Kier molecular flexibility index (Phi) is 7.21. The van der Waals surface area contributed by atoms with Crippen molar-refractivity contribution in [1.82, 2.24) is 0 Å². The number of ether oxygens (including phenoxy) is 2. The number of Topliss-reactive ketones (excluding diaryl/α,β-unsaturated/α-hetero) is 1. The summed E-state index contributed by atoms with van der Waals surface area (Å²) in [5, 5.41) is 0. The van der Waals surface area contributed by atoms with Gasteiger partial charge in [0.25, 0.3) is 0 Å². The molecule has 0 aromatic heterocycles. The zero-order valence-corrected chi connectivity index (χ0v) is 21.8. The Morgan fingerprint density at radius 2 is 1.57 bits per heavy atom. The first kappa shape index (κ1) is 26.8. The second-order valence-electron chi connectivity index (χ2n) is 9.54. The molecule has 40 heavy (non-hydrogen) atoms. The van der Waals surface area contributed by atoms with Crippen LogP contribution < -0.4 is 10.6 Å². The van der Waals surface area contributed by atoms with Crippen molar-refractivity contribution in [2.24, 2.45) is 11.7 Å². The van der Waals surface area contributed by atoms with Gasteiger partial charge >= 0.3 is 11.9 Å². The normalized spacial score (nSPS) is 20.8. The third-order valence-corrected chi connectivity index (χ3v) is 7.40. The number of carbonyl (C=O) groups is 3. The lowest BCUT2D eigenvalue weighted by Crippen LogP contribution is -2.46. The van der Waals surface area contributed by atoms with Gasteiger partial charge in [0.2, 0.25) is 0 Å². The molecule has 0 amide bonds. The molecule has 3 unspecified atom stereocenters. The molecule has 0 radical (unpaired) electrons. The molecule has 1 aliphatic carbocycles. The van der Waals surface area contributed by atoms with Crippen molar-refractivity contribution in [2.75, 3.05) is 19.1 Å². The highest BCUT2D eigenvalue weighted by atomic mass is 19.1. The van der Waals surface area contributed by atoms with Crippen molar-refractivity contribution in [3.8, 4) is 0 Å². The van der Waals surface area contributed by atoms with Crippen molar-refractivity contribution in [3.63, 3.8) is 0 Å². The van der Waals surface area contributed by atoms with Crippen LogP contribution in [0, 0.1) is 17.6 Å². The minimum absolute atomic E-state index is 0.0679. The van der Waals surface area contributed by atoms with E-state index in [0.29, 0.717) is 11.3 Å². The van der Waals surface area contributed by atoms with E-state index in [-0.39, 0.29) is 29.1 Å². The Labute approximate surface area is 229 Å². The molecular formula is C31H26F2N2O5. The number of esters is 2. The number of hydrogen-bond donors (Lipinski definition) is 1. The Morgan fingerprint density at radius 3 is 2.20 bits per heavy atom. The summed E-state index contributed by atoms with van der Waals surface area (Å²) >= 11 is 0. The highest BCUT2D eigenvalue weighted by Gasteiger charge is 2.51. The molecule has 0 saturated carbocycles. The predicted molar refractivity (Wildman–Crippen MR) is 143 cm³/mol. The van der Waals surface area contributed by atoms with Gasteiger partial charge in [-0.1, -0.05) is 48.5 Å². The minimum Gasteiger partial charge on any atom is -0.468 e. The van der Waals surface area contributed by atoms with Crippen molar-refractivity contribution >= 4 is 23.4 Å². The van der Waals surface area contributed by atoms with Crippen LogP contribution in [0.1, 0.15) is 29.4 Å². The molecule has 3 aromatic rings. The predicted octanol–water partition coefficient (Wildman–Crippen LogP) is 4.71. The molecule has 0 spiro atoms. The Hall–Kier alpha value is -4.79. The second-order valence-corrected chi connectivity index (χ2v) is 9.54. The van der Waals surface area contributed by atoms with Gasteiger partial charge in [0.1, 0.15) is 23.4 Å². The van der Waals surface area contributed by atoms with E-state index >= 15 is 0 Å². The van der Waals surface area contributed by atoms with Gasteiger partial charge in [0, 0.05) is 17.2 Å².